The van der Waals surface area contributed by atoms with E-state index in [0.717, 1.165) is 0 Å². The predicted molar refractivity (Wildman–Crippen MR) is 274 cm³/mol. The van der Waals surface area contributed by atoms with Crippen LogP contribution in [0.4, 0.5) is 0 Å². The van der Waals surface area contributed by atoms with Gasteiger partial charge in [0.05, 0.1) is 30.2 Å². The molecule has 16 N–H and O–H groups in total. The van der Waals surface area contributed by atoms with Gasteiger partial charge < -0.3 is 78.3 Å². The third-order valence-corrected chi connectivity index (χ3v) is 12.8. The summed E-state index contributed by atoms with van der Waals surface area (Å²) in [6.07, 6.45) is -16.4. The number of carboxylic acid groups (broad SMARTS) is 9. The number of amides is 5. The van der Waals surface area contributed by atoms with Crippen LogP contribution in [0.2, 0.25) is 0 Å². The molecule has 0 aromatic heterocycles. The van der Waals surface area contributed by atoms with Gasteiger partial charge in [0.25, 0.3) is 0 Å². The molecule has 5 amide bonds. The summed E-state index contributed by atoms with van der Waals surface area (Å²) in [5, 5.41) is 95.4. The van der Waals surface area contributed by atoms with Crippen molar-refractivity contribution in [2.24, 2.45) is 29.4 Å². The lowest BCUT2D eigenvalue weighted by molar-refractivity contribution is -0.141. The molecule has 0 aromatic rings. The van der Waals surface area contributed by atoms with Crippen molar-refractivity contribution in [1.29, 1.82) is 0 Å². The number of nitrogens with two attached hydrogens (primary N) is 1. The molecule has 0 aromatic carbocycles. The molecule has 464 valence electrons. The Morgan fingerprint density at radius 3 is 0.663 bits per heavy atom. The zero-order valence-corrected chi connectivity index (χ0v) is 45.2. The fourth-order valence-corrected chi connectivity index (χ4v) is 8.12. The molecule has 0 heterocycles. The van der Waals surface area contributed by atoms with Crippen LogP contribution in [0, 0.1) is 23.7 Å². The number of carbonyl (C=O) groups is 18. The lowest BCUT2D eigenvalue weighted by atomic mass is 9.88. The Labute approximate surface area is 472 Å². The summed E-state index contributed by atoms with van der Waals surface area (Å²) < 4.78 is 0. The van der Waals surface area contributed by atoms with Crippen molar-refractivity contribution in [2.75, 3.05) is 7.05 Å². The number of hydrogen-bond acceptors (Lipinski definition) is 19. The second-order valence-corrected chi connectivity index (χ2v) is 19.3. The molecule has 0 spiro atoms. The normalized spacial score (nSPS) is 14.1. The molecule has 0 saturated carbocycles. The predicted octanol–water partition coefficient (Wildman–Crippen LogP) is -1.92. The van der Waals surface area contributed by atoms with E-state index in [9.17, 15) is 122 Å². The highest BCUT2D eigenvalue weighted by molar-refractivity contribution is 5.99. The highest BCUT2D eigenvalue weighted by atomic mass is 16.4. The van der Waals surface area contributed by atoms with Crippen LogP contribution in [0.1, 0.15) is 141 Å². The van der Waals surface area contributed by atoms with Crippen molar-refractivity contribution < 1.29 is 132 Å². The number of aliphatic carboxylic acids is 9. The fraction of sp³-hybridized carbons (Fsp3) is 0.640. The van der Waals surface area contributed by atoms with Crippen molar-refractivity contribution in [3.05, 3.63) is 0 Å². The van der Waals surface area contributed by atoms with Gasteiger partial charge in [-0.3, -0.25) is 86.3 Å². The van der Waals surface area contributed by atoms with Gasteiger partial charge in [0, 0.05) is 114 Å². The molecule has 0 aliphatic rings. The Balaban J connectivity index is 7.13. The van der Waals surface area contributed by atoms with Gasteiger partial charge in [0.2, 0.25) is 29.5 Å². The molecule has 9 atom stereocenters. The summed E-state index contributed by atoms with van der Waals surface area (Å²) in [5.74, 6) is -29.9. The first-order valence-corrected chi connectivity index (χ1v) is 25.9. The molecule has 0 radical (unpaired) electrons. The largest absolute Gasteiger partial charge is 0.481 e. The lowest BCUT2D eigenvalue weighted by Crippen LogP contribution is -2.50. The molecule has 0 aliphatic carbocycles. The Bertz CT molecular complexity index is 2410. The number of carbonyl (C=O) groups excluding carboxylic acids is 9. The summed E-state index contributed by atoms with van der Waals surface area (Å²) >= 11 is 0. The van der Waals surface area contributed by atoms with Crippen molar-refractivity contribution in [3.8, 4) is 0 Å². The summed E-state index contributed by atoms with van der Waals surface area (Å²) in [6, 6.07) is -8.78. The van der Waals surface area contributed by atoms with Crippen LogP contribution in [0.25, 0.3) is 0 Å². The monoisotopic (exact) mass is 1190 g/mol. The molecule has 0 saturated heterocycles. The van der Waals surface area contributed by atoms with E-state index in [4.69, 9.17) is 15.9 Å². The zero-order chi connectivity index (χ0) is 63.7. The Hall–Kier alpha value is -8.78. The van der Waals surface area contributed by atoms with Crippen molar-refractivity contribution in [1.82, 2.24) is 26.6 Å². The minimum Gasteiger partial charge on any atom is -0.481 e. The molecular formula is C50H72N6O27. The van der Waals surface area contributed by atoms with E-state index < -0.39 is 295 Å². The van der Waals surface area contributed by atoms with Crippen LogP contribution in [-0.4, -0.2) is 190 Å². The third-order valence-electron chi connectivity index (χ3n) is 12.8. The van der Waals surface area contributed by atoms with Crippen LogP contribution in [0.15, 0.2) is 0 Å². The minimum atomic E-state index is -1.92. The smallest absolute Gasteiger partial charge is 0.303 e. The third kappa shape index (κ3) is 32.9. The number of Topliss-reactive ketones (excluding diaryl/α,β-unsaturated/α-hetero) is 4. The number of hydrogen-bond donors (Lipinski definition) is 15. The summed E-state index contributed by atoms with van der Waals surface area (Å²) in [6.45, 7) is 0. The van der Waals surface area contributed by atoms with Gasteiger partial charge in [0.1, 0.15) is 0 Å². The maximum atomic E-state index is 14.1. The van der Waals surface area contributed by atoms with Crippen molar-refractivity contribution in [2.45, 2.75) is 171 Å². The molecule has 0 fully saturated rings. The van der Waals surface area contributed by atoms with Gasteiger partial charge in [0.15, 0.2) is 23.1 Å². The van der Waals surface area contributed by atoms with E-state index in [1.54, 1.807) is 0 Å². The summed E-state index contributed by atoms with van der Waals surface area (Å²) in [4.78, 5) is 226. The molecule has 0 aliphatic heterocycles. The second-order valence-electron chi connectivity index (χ2n) is 19.3. The average Bonchev–Trinajstić information content (AvgIpc) is 3.48. The van der Waals surface area contributed by atoms with Crippen LogP contribution < -0.4 is 32.3 Å². The van der Waals surface area contributed by atoms with Crippen LogP contribution in [0.5, 0.6) is 0 Å². The van der Waals surface area contributed by atoms with Crippen molar-refractivity contribution >= 4 is 106 Å². The molecule has 33 heteroatoms. The van der Waals surface area contributed by atoms with Gasteiger partial charge >= 0.3 is 53.7 Å². The number of rotatable bonds is 48. The van der Waals surface area contributed by atoms with E-state index >= 15 is 0 Å². The Morgan fingerprint density at radius 2 is 0.458 bits per heavy atom. The van der Waals surface area contributed by atoms with E-state index in [2.05, 4.69) is 26.6 Å². The highest BCUT2D eigenvalue weighted by Gasteiger charge is 2.37. The van der Waals surface area contributed by atoms with Crippen LogP contribution in [-0.2, 0) is 86.3 Å². The first kappa shape index (κ1) is 74.2. The van der Waals surface area contributed by atoms with E-state index in [1.165, 1.54) is 7.05 Å². The molecule has 0 rings (SSSR count). The van der Waals surface area contributed by atoms with Gasteiger partial charge in [-0.25, -0.2) is 0 Å². The standard InChI is InChI=1S/C50H72N6O27/c1-52-46(79)24(2-11-37(61)62)20-33(57)29(7-16-42(71)72)53-47(80)25(3-12-38(63)64)21-34(58)30(8-17-43(73)74)54-48(81)26(4-13-39(65)66)22-35(59)31(9-18-44(75)76)55-49(82)27(5-14-40(67)68)23-36(60)32(10-19-45(77)78)56-50(83)28(51)6-15-41(69)70/h24-32H,2-23,51H2,1H3,(H,52,79)(H,53,80)(H,54,81)(H,55,82)(H,56,83)(H,61,62)(H,63,64)(H,65,66)(H,67,68)(H,69,70)(H,71,72)(H,73,74)(H,75,76)(H,77,78)/t24-,25-,26-,27-,28+,29+,30+,31+,32+/m1/s1. The van der Waals surface area contributed by atoms with Gasteiger partial charge in [-0.05, 0) is 57.8 Å². The molecule has 0 unspecified atom stereocenters. The zero-order valence-electron chi connectivity index (χ0n) is 45.2. The Kier molecular flexibility index (Phi) is 34.7. The molecule has 83 heavy (non-hydrogen) atoms. The van der Waals surface area contributed by atoms with Crippen LogP contribution >= 0.6 is 0 Å². The molecular weight excluding hydrogens is 1120 g/mol. The lowest BCUT2D eigenvalue weighted by Gasteiger charge is -2.26. The molecule has 33 nitrogen and oxygen atoms in total. The molecule has 0 bridgehead atoms. The van der Waals surface area contributed by atoms with Crippen molar-refractivity contribution in [3.63, 3.8) is 0 Å². The average molecular weight is 1190 g/mol. The van der Waals surface area contributed by atoms with Gasteiger partial charge in [-0.15, -0.1) is 0 Å². The van der Waals surface area contributed by atoms with E-state index in [1.807, 2.05) is 0 Å². The maximum Gasteiger partial charge on any atom is 0.303 e. The number of nitrogens with one attached hydrogen (secondary N) is 5. The van der Waals surface area contributed by atoms with Gasteiger partial charge in [-0.2, -0.15) is 0 Å². The van der Waals surface area contributed by atoms with E-state index in [0.29, 0.717) is 0 Å². The SMILES string of the molecule is CNC(=O)[C@H](CCC(=O)O)CC(=O)[C@H](CCC(=O)O)NC(=O)[C@H](CCC(=O)O)CC(=O)[C@H](CCC(=O)O)NC(=O)[C@H](CCC(=O)O)CC(=O)[C@H](CCC(=O)O)NC(=O)[C@H](CCC(=O)O)CC(=O)[C@H](CCC(=O)O)NC(=O)[C@@H](N)CCC(=O)O. The summed E-state index contributed by atoms with van der Waals surface area (Å²) in [7, 11) is 1.19. The minimum absolute atomic E-state index is 0.365. The topological polar surface area (TPSA) is 576 Å². The second kappa shape index (κ2) is 38.8. The fourth-order valence-electron chi connectivity index (χ4n) is 8.12. The first-order chi connectivity index (χ1) is 38.7. The Morgan fingerprint density at radius 1 is 0.277 bits per heavy atom. The number of carboxylic acids is 9. The number of ketones is 4. The highest BCUT2D eigenvalue weighted by Crippen LogP contribution is 2.23. The van der Waals surface area contributed by atoms with Crippen LogP contribution in [0.3, 0.4) is 0 Å². The maximum absolute atomic E-state index is 14.1. The van der Waals surface area contributed by atoms with E-state index in [-0.39, 0.29) is 6.42 Å². The van der Waals surface area contributed by atoms with Gasteiger partial charge in [-0.1, -0.05) is 0 Å². The summed E-state index contributed by atoms with van der Waals surface area (Å²) in [5.41, 5.74) is 5.73. The quantitative estimate of drug-likeness (QED) is 0.0316. The first-order valence-electron chi connectivity index (χ1n) is 25.9.